The minimum absolute atomic E-state index is 0.160. The molecule has 0 aromatic heterocycles. The van der Waals surface area contributed by atoms with Crippen molar-refractivity contribution < 1.29 is 19.1 Å². The molecule has 5 nitrogen and oxygen atoms in total. The van der Waals surface area contributed by atoms with Gasteiger partial charge in [-0.1, -0.05) is 30.2 Å². The lowest BCUT2D eigenvalue weighted by atomic mass is 9.64. The molecule has 2 aliphatic rings. The largest absolute Gasteiger partial charge is 0.455 e. The second kappa shape index (κ2) is 6.89. The van der Waals surface area contributed by atoms with Crippen molar-refractivity contribution in [3.05, 3.63) is 34.9 Å². The van der Waals surface area contributed by atoms with E-state index in [0.717, 1.165) is 24.8 Å². The zero-order valence-corrected chi connectivity index (χ0v) is 13.7. The lowest BCUT2D eigenvalue weighted by Crippen LogP contribution is -2.46. The summed E-state index contributed by atoms with van der Waals surface area (Å²) in [6.45, 7) is 1.98. The summed E-state index contributed by atoms with van der Waals surface area (Å²) in [7, 11) is 0. The number of hydrogen-bond donors (Lipinski definition) is 0. The number of hydrogen-bond acceptors (Lipinski definition) is 4. The van der Waals surface area contributed by atoms with Gasteiger partial charge in [-0.3, -0.25) is 9.59 Å². The molecule has 1 heterocycles. The molecule has 1 aromatic carbocycles. The predicted octanol–water partition coefficient (Wildman–Crippen LogP) is 2.16. The molecule has 1 aromatic rings. The first-order valence-electron chi connectivity index (χ1n) is 7.91. The summed E-state index contributed by atoms with van der Waals surface area (Å²) in [5.74, 6) is -0.472. The Bertz CT molecular complexity index is 577. The van der Waals surface area contributed by atoms with Crippen LogP contribution in [0.5, 0.6) is 0 Å². The highest BCUT2D eigenvalue weighted by molar-refractivity contribution is 6.30. The first-order valence-corrected chi connectivity index (χ1v) is 8.28. The molecule has 6 heteroatoms. The average molecular weight is 338 g/mol. The summed E-state index contributed by atoms with van der Waals surface area (Å²) in [6.07, 6.45) is 2.48. The second-order valence-corrected chi connectivity index (χ2v) is 6.45. The lowest BCUT2D eigenvalue weighted by Gasteiger charge is -2.39. The molecule has 1 amide bonds. The molecule has 0 N–H and O–H groups in total. The molecule has 1 aliphatic carbocycles. The topological polar surface area (TPSA) is 55.8 Å². The quantitative estimate of drug-likeness (QED) is 0.790. The number of amides is 1. The van der Waals surface area contributed by atoms with Gasteiger partial charge in [-0.15, -0.1) is 0 Å². The molecular formula is C17H20ClNO4. The fourth-order valence-corrected chi connectivity index (χ4v) is 3.21. The molecule has 23 heavy (non-hydrogen) atoms. The summed E-state index contributed by atoms with van der Waals surface area (Å²) >= 11 is 5.91. The number of esters is 1. The average Bonchev–Trinajstić information content (AvgIpc) is 2.54. The molecule has 2 fully saturated rings. The summed E-state index contributed by atoms with van der Waals surface area (Å²) in [5.41, 5.74) is 0.299. The van der Waals surface area contributed by atoms with Gasteiger partial charge < -0.3 is 14.4 Å². The zero-order chi connectivity index (χ0) is 16.3. The van der Waals surface area contributed by atoms with Crippen molar-refractivity contribution in [2.24, 2.45) is 0 Å². The van der Waals surface area contributed by atoms with Gasteiger partial charge in [0.15, 0.2) is 6.61 Å². The third-order valence-electron chi connectivity index (χ3n) is 4.69. The van der Waals surface area contributed by atoms with E-state index in [0.29, 0.717) is 31.3 Å². The predicted molar refractivity (Wildman–Crippen MR) is 85.3 cm³/mol. The number of ether oxygens (including phenoxy) is 2. The number of carbonyl (C=O) groups excluding carboxylic acids is 2. The number of rotatable bonds is 4. The molecule has 1 saturated heterocycles. The Morgan fingerprint density at radius 3 is 2.39 bits per heavy atom. The fraction of sp³-hybridized carbons (Fsp3) is 0.529. The highest BCUT2D eigenvalue weighted by Crippen LogP contribution is 2.45. The van der Waals surface area contributed by atoms with Crippen molar-refractivity contribution in [3.63, 3.8) is 0 Å². The highest BCUT2D eigenvalue weighted by Gasteiger charge is 2.47. The molecule has 124 valence electrons. The summed E-state index contributed by atoms with van der Waals surface area (Å²) < 4.78 is 10.6. The second-order valence-electron chi connectivity index (χ2n) is 6.01. The molecule has 0 radical (unpaired) electrons. The molecule has 3 rings (SSSR count). The van der Waals surface area contributed by atoms with Gasteiger partial charge in [0.05, 0.1) is 18.6 Å². The van der Waals surface area contributed by atoms with E-state index in [1.165, 1.54) is 0 Å². The minimum atomic E-state index is -0.615. The minimum Gasteiger partial charge on any atom is -0.455 e. The van der Waals surface area contributed by atoms with Gasteiger partial charge in [0.2, 0.25) is 0 Å². The molecule has 0 bridgehead atoms. The Morgan fingerprint density at radius 2 is 1.83 bits per heavy atom. The van der Waals surface area contributed by atoms with Crippen LogP contribution in [0.15, 0.2) is 24.3 Å². The molecule has 0 unspecified atom stereocenters. The first-order chi connectivity index (χ1) is 11.1. The molecule has 1 aliphatic heterocycles. The van der Waals surface area contributed by atoms with Crippen LogP contribution in [0.4, 0.5) is 0 Å². The van der Waals surface area contributed by atoms with Crippen LogP contribution in [0.25, 0.3) is 0 Å². The van der Waals surface area contributed by atoms with Crippen molar-refractivity contribution in [3.8, 4) is 0 Å². The van der Waals surface area contributed by atoms with Crippen LogP contribution in [0.3, 0.4) is 0 Å². The Hall–Kier alpha value is -1.59. The van der Waals surface area contributed by atoms with Crippen molar-refractivity contribution in [2.45, 2.75) is 24.7 Å². The molecular weight excluding hydrogens is 318 g/mol. The zero-order valence-electron chi connectivity index (χ0n) is 12.9. The summed E-state index contributed by atoms with van der Waals surface area (Å²) in [5, 5.41) is 0.638. The van der Waals surface area contributed by atoms with Gasteiger partial charge in [0.1, 0.15) is 0 Å². The van der Waals surface area contributed by atoms with Crippen LogP contribution in [-0.2, 0) is 24.5 Å². The van der Waals surface area contributed by atoms with E-state index in [2.05, 4.69) is 0 Å². The highest BCUT2D eigenvalue weighted by atomic mass is 35.5. The maximum atomic E-state index is 12.6. The number of morpholine rings is 1. The van der Waals surface area contributed by atoms with E-state index in [4.69, 9.17) is 21.1 Å². The Morgan fingerprint density at radius 1 is 1.17 bits per heavy atom. The van der Waals surface area contributed by atoms with Gasteiger partial charge in [0, 0.05) is 18.1 Å². The number of benzene rings is 1. The van der Waals surface area contributed by atoms with Crippen molar-refractivity contribution in [1.82, 2.24) is 4.90 Å². The van der Waals surface area contributed by atoms with Crippen molar-refractivity contribution in [1.29, 1.82) is 0 Å². The van der Waals surface area contributed by atoms with E-state index in [1.807, 2.05) is 12.1 Å². The van der Waals surface area contributed by atoms with Crippen molar-refractivity contribution in [2.75, 3.05) is 32.9 Å². The monoisotopic (exact) mass is 337 g/mol. The number of nitrogens with zero attached hydrogens (tertiary/aromatic N) is 1. The summed E-state index contributed by atoms with van der Waals surface area (Å²) in [4.78, 5) is 26.3. The maximum Gasteiger partial charge on any atom is 0.317 e. The SMILES string of the molecule is O=C(COC(=O)C1(c2ccc(Cl)cc2)CCC1)N1CCOCC1. The summed E-state index contributed by atoms with van der Waals surface area (Å²) in [6, 6.07) is 7.30. The normalized spacial score (nSPS) is 19.8. The number of carbonyl (C=O) groups is 2. The molecule has 0 atom stereocenters. The molecule has 0 spiro atoms. The van der Waals surface area contributed by atoms with Gasteiger partial charge in [0.25, 0.3) is 5.91 Å². The van der Waals surface area contributed by atoms with Crippen LogP contribution < -0.4 is 0 Å². The van der Waals surface area contributed by atoms with E-state index in [9.17, 15) is 9.59 Å². The van der Waals surface area contributed by atoms with Gasteiger partial charge in [-0.25, -0.2) is 0 Å². The van der Waals surface area contributed by atoms with Crippen LogP contribution in [0, 0.1) is 0 Å². The van der Waals surface area contributed by atoms with Crippen LogP contribution in [0.2, 0.25) is 5.02 Å². The molecule has 1 saturated carbocycles. The fourth-order valence-electron chi connectivity index (χ4n) is 3.08. The first kappa shape index (κ1) is 16.3. The van der Waals surface area contributed by atoms with Crippen LogP contribution in [-0.4, -0.2) is 49.7 Å². The lowest BCUT2D eigenvalue weighted by molar-refractivity contribution is -0.161. The smallest absolute Gasteiger partial charge is 0.317 e. The van der Waals surface area contributed by atoms with Gasteiger partial charge in [-0.05, 0) is 30.5 Å². The standard InChI is InChI=1S/C17H20ClNO4/c18-14-4-2-13(3-5-14)17(6-1-7-17)16(21)23-12-15(20)19-8-10-22-11-9-19/h2-5H,1,6-12H2. The van der Waals surface area contributed by atoms with Gasteiger partial charge in [-0.2, -0.15) is 0 Å². The van der Waals surface area contributed by atoms with Crippen molar-refractivity contribution >= 4 is 23.5 Å². The van der Waals surface area contributed by atoms with E-state index in [1.54, 1.807) is 17.0 Å². The Kier molecular flexibility index (Phi) is 4.87. The van der Waals surface area contributed by atoms with E-state index < -0.39 is 5.41 Å². The third kappa shape index (κ3) is 3.35. The Balaban J connectivity index is 1.61. The van der Waals surface area contributed by atoms with Crippen LogP contribution in [0.1, 0.15) is 24.8 Å². The van der Waals surface area contributed by atoms with Gasteiger partial charge >= 0.3 is 5.97 Å². The number of halogens is 1. The maximum absolute atomic E-state index is 12.6. The van der Waals surface area contributed by atoms with E-state index in [-0.39, 0.29) is 18.5 Å². The third-order valence-corrected chi connectivity index (χ3v) is 4.94. The Labute approximate surface area is 140 Å². The van der Waals surface area contributed by atoms with Crippen LogP contribution >= 0.6 is 11.6 Å². The van der Waals surface area contributed by atoms with E-state index >= 15 is 0 Å².